The topological polar surface area (TPSA) is 47.3 Å². The highest BCUT2D eigenvalue weighted by atomic mass is 79.9. The summed E-state index contributed by atoms with van der Waals surface area (Å²) < 4.78 is 11.7. The van der Waals surface area contributed by atoms with E-state index >= 15 is 0 Å². The van der Waals surface area contributed by atoms with Crippen LogP contribution in [0.25, 0.3) is 0 Å². The highest BCUT2D eigenvalue weighted by Gasteiger charge is 2.18. The maximum absolute atomic E-state index is 5.65. The van der Waals surface area contributed by atoms with Crippen molar-refractivity contribution in [3.05, 3.63) is 46.6 Å². The van der Waals surface area contributed by atoms with Crippen molar-refractivity contribution in [2.75, 3.05) is 13.2 Å². The van der Waals surface area contributed by atoms with Gasteiger partial charge in [-0.25, -0.2) is 0 Å². The molecule has 0 fully saturated rings. The Hall–Kier alpha value is -1.33. The van der Waals surface area contributed by atoms with Crippen LogP contribution in [0.1, 0.15) is 37.4 Å². The molecule has 0 aliphatic carbocycles. The minimum Gasteiger partial charge on any atom is -0.492 e. The Morgan fingerprint density at radius 1 is 1.40 bits per heavy atom. The normalized spacial score (nSPS) is 12.3. The van der Waals surface area contributed by atoms with E-state index in [4.69, 9.17) is 9.15 Å². The highest BCUT2D eigenvalue weighted by Crippen LogP contribution is 2.30. The van der Waals surface area contributed by atoms with E-state index in [9.17, 15) is 0 Å². The van der Waals surface area contributed by atoms with Gasteiger partial charge in [0.1, 0.15) is 5.75 Å². The molecule has 0 amide bonds. The fourth-order valence-corrected chi connectivity index (χ4v) is 2.48. The van der Waals surface area contributed by atoms with Gasteiger partial charge in [-0.3, -0.25) is 4.98 Å². The number of rotatable bonds is 7. The average molecular weight is 339 g/mol. The molecule has 0 aromatic carbocycles. The van der Waals surface area contributed by atoms with Crippen molar-refractivity contribution in [3.8, 4) is 5.75 Å². The Morgan fingerprint density at radius 3 is 2.90 bits per heavy atom. The van der Waals surface area contributed by atoms with Gasteiger partial charge in [0.2, 0.25) is 0 Å². The Morgan fingerprint density at radius 2 is 2.25 bits per heavy atom. The Labute approximate surface area is 127 Å². The van der Waals surface area contributed by atoms with Gasteiger partial charge in [0.15, 0.2) is 4.67 Å². The number of nitrogens with zero attached hydrogens (tertiary/aromatic N) is 1. The summed E-state index contributed by atoms with van der Waals surface area (Å²) in [6.45, 7) is 5.71. The lowest BCUT2D eigenvalue weighted by atomic mass is 10.0. The summed E-state index contributed by atoms with van der Waals surface area (Å²) in [5, 5.41) is 3.44. The summed E-state index contributed by atoms with van der Waals surface area (Å²) >= 11 is 3.44. The van der Waals surface area contributed by atoms with Gasteiger partial charge in [-0.05, 0) is 46.6 Å². The first-order valence-electron chi connectivity index (χ1n) is 6.80. The van der Waals surface area contributed by atoms with E-state index in [2.05, 4.69) is 40.1 Å². The molecule has 1 unspecified atom stereocenters. The molecular weight excluding hydrogens is 320 g/mol. The first-order chi connectivity index (χ1) is 9.76. The molecule has 108 valence electrons. The lowest BCUT2D eigenvalue weighted by Gasteiger charge is -2.18. The second kappa shape index (κ2) is 7.45. The predicted molar refractivity (Wildman–Crippen MR) is 82.0 cm³/mol. The zero-order valence-corrected chi connectivity index (χ0v) is 13.3. The predicted octanol–water partition coefficient (Wildman–Crippen LogP) is 3.92. The molecule has 1 N–H and O–H groups in total. The smallest absolute Gasteiger partial charge is 0.174 e. The van der Waals surface area contributed by atoms with E-state index in [0.29, 0.717) is 6.61 Å². The molecule has 0 saturated carbocycles. The summed E-state index contributed by atoms with van der Waals surface area (Å²) in [7, 11) is 0. The third-order valence-corrected chi connectivity index (χ3v) is 3.55. The standard InChI is InChI=1S/C15H19BrN2O2/c1-3-6-19-12-8-11(9-17-10-12)14(18-4-2)13-5-7-20-15(13)16/h5,7-10,14,18H,3-4,6H2,1-2H3. The number of nitrogens with one attached hydrogen (secondary N) is 1. The summed E-state index contributed by atoms with van der Waals surface area (Å²) in [5.41, 5.74) is 2.11. The van der Waals surface area contributed by atoms with Crippen LogP contribution < -0.4 is 10.1 Å². The van der Waals surface area contributed by atoms with Crippen LogP contribution in [-0.4, -0.2) is 18.1 Å². The van der Waals surface area contributed by atoms with Crippen LogP contribution in [0.4, 0.5) is 0 Å². The second-order valence-corrected chi connectivity index (χ2v) is 5.16. The molecule has 5 heteroatoms. The molecule has 0 aliphatic rings. The summed E-state index contributed by atoms with van der Waals surface area (Å²) in [4.78, 5) is 4.27. The minimum atomic E-state index is 0.0331. The SMILES string of the molecule is CCCOc1cncc(C(NCC)c2ccoc2Br)c1. The Kier molecular flexibility index (Phi) is 5.61. The van der Waals surface area contributed by atoms with Crippen LogP contribution in [0.15, 0.2) is 39.9 Å². The number of pyridine rings is 1. The second-order valence-electron chi connectivity index (χ2n) is 4.44. The number of hydrogen-bond acceptors (Lipinski definition) is 4. The Bertz CT molecular complexity index is 542. The van der Waals surface area contributed by atoms with Crippen molar-refractivity contribution in [1.29, 1.82) is 0 Å². The van der Waals surface area contributed by atoms with Crippen LogP contribution in [0.5, 0.6) is 5.75 Å². The number of furan rings is 1. The van der Waals surface area contributed by atoms with Crippen molar-refractivity contribution >= 4 is 15.9 Å². The monoisotopic (exact) mass is 338 g/mol. The van der Waals surface area contributed by atoms with Crippen molar-refractivity contribution < 1.29 is 9.15 Å². The third kappa shape index (κ3) is 3.61. The molecule has 2 heterocycles. The van der Waals surface area contributed by atoms with E-state index in [1.54, 1.807) is 12.5 Å². The van der Waals surface area contributed by atoms with Gasteiger partial charge in [-0.2, -0.15) is 0 Å². The molecule has 0 aliphatic heterocycles. The summed E-state index contributed by atoms with van der Waals surface area (Å²) in [5.74, 6) is 0.798. The summed E-state index contributed by atoms with van der Waals surface area (Å²) in [6, 6.07) is 4.01. The number of aromatic nitrogens is 1. The zero-order valence-electron chi connectivity index (χ0n) is 11.7. The van der Waals surface area contributed by atoms with E-state index in [-0.39, 0.29) is 6.04 Å². The zero-order chi connectivity index (χ0) is 14.4. The Balaban J connectivity index is 2.27. The van der Waals surface area contributed by atoms with Crippen LogP contribution in [-0.2, 0) is 0 Å². The molecule has 0 saturated heterocycles. The molecule has 2 aromatic rings. The lowest BCUT2D eigenvalue weighted by Crippen LogP contribution is -2.22. The third-order valence-electron chi connectivity index (χ3n) is 2.91. The van der Waals surface area contributed by atoms with E-state index in [0.717, 1.165) is 34.5 Å². The first-order valence-corrected chi connectivity index (χ1v) is 7.59. The van der Waals surface area contributed by atoms with Gasteiger partial charge in [0.05, 0.1) is 25.1 Å². The minimum absolute atomic E-state index is 0.0331. The van der Waals surface area contributed by atoms with Gasteiger partial charge < -0.3 is 14.5 Å². The van der Waals surface area contributed by atoms with E-state index in [1.807, 2.05) is 18.3 Å². The van der Waals surface area contributed by atoms with Gasteiger partial charge >= 0.3 is 0 Å². The fourth-order valence-electron chi connectivity index (χ4n) is 2.01. The van der Waals surface area contributed by atoms with Crippen LogP contribution >= 0.6 is 15.9 Å². The van der Waals surface area contributed by atoms with Crippen molar-refractivity contribution in [1.82, 2.24) is 10.3 Å². The van der Waals surface area contributed by atoms with Crippen molar-refractivity contribution in [2.45, 2.75) is 26.3 Å². The van der Waals surface area contributed by atoms with Crippen molar-refractivity contribution in [2.24, 2.45) is 0 Å². The number of hydrogen-bond donors (Lipinski definition) is 1. The molecule has 1 atom stereocenters. The van der Waals surface area contributed by atoms with Crippen LogP contribution in [0.3, 0.4) is 0 Å². The number of ether oxygens (including phenoxy) is 1. The lowest BCUT2D eigenvalue weighted by molar-refractivity contribution is 0.315. The van der Waals surface area contributed by atoms with E-state index < -0.39 is 0 Å². The largest absolute Gasteiger partial charge is 0.492 e. The molecule has 0 spiro atoms. The van der Waals surface area contributed by atoms with Crippen molar-refractivity contribution in [3.63, 3.8) is 0 Å². The van der Waals surface area contributed by atoms with Gasteiger partial charge in [0, 0.05) is 11.8 Å². The molecular formula is C15H19BrN2O2. The molecule has 2 aromatic heterocycles. The number of halogens is 1. The van der Waals surface area contributed by atoms with Crippen LogP contribution in [0, 0.1) is 0 Å². The van der Waals surface area contributed by atoms with Gasteiger partial charge in [-0.1, -0.05) is 13.8 Å². The van der Waals surface area contributed by atoms with Crippen LogP contribution in [0.2, 0.25) is 0 Å². The molecule has 0 radical (unpaired) electrons. The first kappa shape index (κ1) is 15.1. The van der Waals surface area contributed by atoms with Gasteiger partial charge in [-0.15, -0.1) is 0 Å². The van der Waals surface area contributed by atoms with E-state index in [1.165, 1.54) is 0 Å². The maximum atomic E-state index is 5.65. The summed E-state index contributed by atoms with van der Waals surface area (Å²) in [6.07, 6.45) is 6.25. The molecule has 20 heavy (non-hydrogen) atoms. The average Bonchev–Trinajstić information content (AvgIpc) is 2.89. The molecule has 4 nitrogen and oxygen atoms in total. The molecule has 0 bridgehead atoms. The fraction of sp³-hybridized carbons (Fsp3) is 0.400. The quantitative estimate of drug-likeness (QED) is 0.830. The maximum Gasteiger partial charge on any atom is 0.174 e. The highest BCUT2D eigenvalue weighted by molar-refractivity contribution is 9.10. The van der Waals surface area contributed by atoms with Gasteiger partial charge in [0.25, 0.3) is 0 Å². The molecule has 2 rings (SSSR count).